The molecule has 0 spiro atoms. The van der Waals surface area contributed by atoms with Crippen molar-refractivity contribution in [1.82, 2.24) is 10.2 Å². The summed E-state index contributed by atoms with van der Waals surface area (Å²) in [4.78, 5) is 14.7. The van der Waals surface area contributed by atoms with Gasteiger partial charge < -0.3 is 15.3 Å². The van der Waals surface area contributed by atoms with Gasteiger partial charge in [-0.15, -0.1) is 0 Å². The number of piperidine rings is 1. The molecule has 108 valence electrons. The molecule has 1 aliphatic heterocycles. The Balaban J connectivity index is 1.70. The summed E-state index contributed by atoms with van der Waals surface area (Å²) in [6.07, 6.45) is 4.31. The molecule has 1 amide bonds. The molecule has 0 bridgehead atoms. The first-order valence-electron chi connectivity index (χ1n) is 7.53. The molecule has 0 unspecified atom stereocenters. The second-order valence-electron chi connectivity index (χ2n) is 5.91. The van der Waals surface area contributed by atoms with Gasteiger partial charge in [-0.1, -0.05) is 12.1 Å². The predicted molar refractivity (Wildman–Crippen MR) is 77.3 cm³/mol. The number of hydrogen-bond acceptors (Lipinski definition) is 3. The SMILES string of the molecule is O=C([C@H]1CCCNC1)N(Cc1cccc(O)c1)C1CC1. The van der Waals surface area contributed by atoms with Crippen LogP contribution in [0.25, 0.3) is 0 Å². The van der Waals surface area contributed by atoms with Crippen molar-refractivity contribution in [3.63, 3.8) is 0 Å². The number of carbonyl (C=O) groups excluding carboxylic acids is 1. The van der Waals surface area contributed by atoms with Crippen molar-refractivity contribution in [3.05, 3.63) is 29.8 Å². The maximum absolute atomic E-state index is 12.7. The van der Waals surface area contributed by atoms with E-state index in [1.165, 1.54) is 0 Å². The Morgan fingerprint density at radius 1 is 1.35 bits per heavy atom. The van der Waals surface area contributed by atoms with Crippen molar-refractivity contribution >= 4 is 5.91 Å². The predicted octanol–water partition coefficient (Wildman–Crippen LogP) is 1.88. The molecule has 0 radical (unpaired) electrons. The largest absolute Gasteiger partial charge is 0.508 e. The summed E-state index contributed by atoms with van der Waals surface area (Å²) in [5.74, 6) is 0.676. The minimum Gasteiger partial charge on any atom is -0.508 e. The number of nitrogens with zero attached hydrogens (tertiary/aromatic N) is 1. The molecule has 0 aromatic heterocycles. The fourth-order valence-electron chi connectivity index (χ4n) is 2.92. The highest BCUT2D eigenvalue weighted by Crippen LogP contribution is 2.31. The van der Waals surface area contributed by atoms with Gasteiger partial charge >= 0.3 is 0 Å². The van der Waals surface area contributed by atoms with Crippen LogP contribution in [0.3, 0.4) is 0 Å². The fourth-order valence-corrected chi connectivity index (χ4v) is 2.92. The summed E-state index contributed by atoms with van der Waals surface area (Å²) in [7, 11) is 0. The lowest BCUT2D eigenvalue weighted by atomic mass is 9.97. The van der Waals surface area contributed by atoms with E-state index in [-0.39, 0.29) is 17.6 Å². The zero-order chi connectivity index (χ0) is 13.9. The number of phenolic OH excluding ortho intramolecular Hbond substituents is 1. The van der Waals surface area contributed by atoms with Gasteiger partial charge in [0, 0.05) is 19.1 Å². The summed E-state index contributed by atoms with van der Waals surface area (Å²) in [6, 6.07) is 7.63. The zero-order valence-corrected chi connectivity index (χ0v) is 11.7. The number of aromatic hydroxyl groups is 1. The van der Waals surface area contributed by atoms with Gasteiger partial charge in [-0.3, -0.25) is 4.79 Å². The van der Waals surface area contributed by atoms with Crippen LogP contribution in [0.4, 0.5) is 0 Å². The molecule has 1 aromatic carbocycles. The smallest absolute Gasteiger partial charge is 0.227 e. The highest BCUT2D eigenvalue weighted by atomic mass is 16.3. The molecule has 4 nitrogen and oxygen atoms in total. The van der Waals surface area contributed by atoms with E-state index in [1.807, 2.05) is 17.0 Å². The third-order valence-electron chi connectivity index (χ3n) is 4.18. The van der Waals surface area contributed by atoms with Crippen molar-refractivity contribution in [1.29, 1.82) is 0 Å². The first kappa shape index (κ1) is 13.4. The molecule has 4 heteroatoms. The third kappa shape index (κ3) is 3.12. The molecule has 2 aliphatic rings. The van der Waals surface area contributed by atoms with Gasteiger partial charge in [-0.05, 0) is 49.9 Å². The van der Waals surface area contributed by atoms with Crippen molar-refractivity contribution < 1.29 is 9.90 Å². The zero-order valence-electron chi connectivity index (χ0n) is 11.7. The fraction of sp³-hybridized carbons (Fsp3) is 0.562. The summed E-state index contributed by atoms with van der Waals surface area (Å²) < 4.78 is 0. The van der Waals surface area contributed by atoms with E-state index in [1.54, 1.807) is 12.1 Å². The lowest BCUT2D eigenvalue weighted by Gasteiger charge is -2.30. The number of amides is 1. The molecular weight excluding hydrogens is 252 g/mol. The average Bonchev–Trinajstić information content (AvgIpc) is 3.30. The maximum Gasteiger partial charge on any atom is 0.227 e. The Kier molecular flexibility index (Phi) is 3.92. The van der Waals surface area contributed by atoms with Crippen LogP contribution in [0, 0.1) is 5.92 Å². The Labute approximate surface area is 119 Å². The number of phenols is 1. The van der Waals surface area contributed by atoms with Crippen LogP contribution in [0.1, 0.15) is 31.2 Å². The van der Waals surface area contributed by atoms with Gasteiger partial charge in [-0.25, -0.2) is 0 Å². The normalized spacial score (nSPS) is 22.5. The number of benzene rings is 1. The first-order chi connectivity index (χ1) is 9.74. The molecule has 3 rings (SSSR count). The van der Waals surface area contributed by atoms with Crippen molar-refractivity contribution in [2.45, 2.75) is 38.3 Å². The Hall–Kier alpha value is -1.55. The van der Waals surface area contributed by atoms with Crippen LogP contribution >= 0.6 is 0 Å². The second kappa shape index (κ2) is 5.83. The van der Waals surface area contributed by atoms with Crippen molar-refractivity contribution in [3.8, 4) is 5.75 Å². The van der Waals surface area contributed by atoms with Crippen LogP contribution in [0.5, 0.6) is 5.75 Å². The average molecular weight is 274 g/mol. The highest BCUT2D eigenvalue weighted by Gasteiger charge is 2.36. The maximum atomic E-state index is 12.7. The van der Waals surface area contributed by atoms with Crippen LogP contribution in [0.15, 0.2) is 24.3 Å². The summed E-state index contributed by atoms with van der Waals surface area (Å²) >= 11 is 0. The molecule has 1 saturated carbocycles. The van der Waals surface area contributed by atoms with Gasteiger partial charge in [0.1, 0.15) is 5.75 Å². The van der Waals surface area contributed by atoms with E-state index >= 15 is 0 Å². The summed E-state index contributed by atoms with van der Waals surface area (Å²) in [6.45, 7) is 2.45. The number of rotatable bonds is 4. The molecular formula is C16H22N2O2. The van der Waals surface area contributed by atoms with Gasteiger partial charge in [0.15, 0.2) is 0 Å². The monoisotopic (exact) mass is 274 g/mol. The highest BCUT2D eigenvalue weighted by molar-refractivity contribution is 5.79. The standard InChI is InChI=1S/C16H22N2O2/c19-15-5-1-3-12(9-15)11-18(14-6-7-14)16(20)13-4-2-8-17-10-13/h1,3,5,9,13-14,17,19H,2,4,6-8,10-11H2/t13-/m0/s1. The molecule has 20 heavy (non-hydrogen) atoms. The lowest BCUT2D eigenvalue weighted by molar-refractivity contribution is -0.137. The molecule has 2 fully saturated rings. The lowest BCUT2D eigenvalue weighted by Crippen LogP contribution is -2.43. The van der Waals surface area contributed by atoms with Gasteiger partial charge in [0.25, 0.3) is 0 Å². The van der Waals surface area contributed by atoms with E-state index in [9.17, 15) is 9.90 Å². The van der Waals surface area contributed by atoms with E-state index in [2.05, 4.69) is 5.32 Å². The molecule has 1 heterocycles. The van der Waals surface area contributed by atoms with Crippen LogP contribution < -0.4 is 5.32 Å². The van der Waals surface area contributed by atoms with Crippen LogP contribution in [0.2, 0.25) is 0 Å². The van der Waals surface area contributed by atoms with Crippen LogP contribution in [-0.4, -0.2) is 35.0 Å². The van der Waals surface area contributed by atoms with E-state index in [0.29, 0.717) is 12.6 Å². The number of nitrogens with one attached hydrogen (secondary N) is 1. The topological polar surface area (TPSA) is 52.6 Å². The number of hydrogen-bond donors (Lipinski definition) is 2. The minimum absolute atomic E-state index is 0.127. The van der Waals surface area contributed by atoms with Crippen molar-refractivity contribution in [2.75, 3.05) is 13.1 Å². The minimum atomic E-state index is 0.127. The Morgan fingerprint density at radius 3 is 2.85 bits per heavy atom. The summed E-state index contributed by atoms with van der Waals surface area (Å²) in [5, 5.41) is 12.9. The van der Waals surface area contributed by atoms with Crippen LogP contribution in [-0.2, 0) is 11.3 Å². The van der Waals surface area contributed by atoms with E-state index in [4.69, 9.17) is 0 Å². The molecule has 2 N–H and O–H groups in total. The molecule has 1 atom stereocenters. The van der Waals surface area contributed by atoms with Crippen molar-refractivity contribution in [2.24, 2.45) is 5.92 Å². The molecule has 1 aliphatic carbocycles. The first-order valence-corrected chi connectivity index (χ1v) is 7.53. The Morgan fingerprint density at radius 2 is 2.20 bits per heavy atom. The van der Waals surface area contributed by atoms with E-state index < -0.39 is 0 Å². The molecule has 1 saturated heterocycles. The molecule has 1 aromatic rings. The van der Waals surface area contributed by atoms with Gasteiger partial charge in [-0.2, -0.15) is 0 Å². The van der Waals surface area contributed by atoms with Gasteiger partial charge in [0.05, 0.1) is 5.92 Å². The van der Waals surface area contributed by atoms with Gasteiger partial charge in [0.2, 0.25) is 5.91 Å². The third-order valence-corrected chi connectivity index (χ3v) is 4.18. The second-order valence-corrected chi connectivity index (χ2v) is 5.91. The summed E-state index contributed by atoms with van der Waals surface area (Å²) in [5.41, 5.74) is 1.01. The Bertz CT molecular complexity index is 479. The number of carbonyl (C=O) groups is 1. The quantitative estimate of drug-likeness (QED) is 0.881. The van der Waals surface area contributed by atoms with E-state index in [0.717, 1.165) is 44.3 Å².